The van der Waals surface area contributed by atoms with E-state index in [4.69, 9.17) is 8.83 Å². The lowest BCUT2D eigenvalue weighted by Gasteiger charge is -2.06. The summed E-state index contributed by atoms with van der Waals surface area (Å²) >= 11 is 0. The molecule has 0 saturated heterocycles. The fraction of sp³-hybridized carbons (Fsp3) is 0.125. The Morgan fingerprint density at radius 3 is 1.17 bits per heavy atom. The molecule has 2 heterocycles. The number of benzene rings is 4. The van der Waals surface area contributed by atoms with Gasteiger partial charge < -0.3 is 8.83 Å². The Balaban J connectivity index is 1.37. The average Bonchev–Trinajstić information content (AvgIpc) is 3.55. The highest BCUT2D eigenvalue weighted by Crippen LogP contribution is 2.40. The standard InChI is InChI=1S/C32H26O8S2/c1-3-19-5-15-27-25(17-19)31(41(33,34)35)29(39-27)23-11-7-21(8-12-23)22-9-13-24(14-10-22)30-32(42(36,37)38)26-18-20(4-2)6-16-28(26)40-30/h5-18H,3-4H2,1-2H3,(H,33,34,35)(H,36,37,38). The molecule has 0 unspecified atom stereocenters. The number of fused-ring (bicyclic) bond motifs is 2. The van der Waals surface area contributed by atoms with Crippen molar-refractivity contribution in [1.29, 1.82) is 0 Å². The molecule has 0 bridgehead atoms. The highest BCUT2D eigenvalue weighted by atomic mass is 32.2. The van der Waals surface area contributed by atoms with E-state index in [1.807, 2.05) is 26.0 Å². The van der Waals surface area contributed by atoms with Crippen LogP contribution >= 0.6 is 0 Å². The van der Waals surface area contributed by atoms with Crippen LogP contribution in [0.2, 0.25) is 0 Å². The van der Waals surface area contributed by atoms with E-state index in [2.05, 4.69) is 0 Å². The third kappa shape index (κ3) is 4.92. The Bertz CT molecular complexity index is 2030. The van der Waals surface area contributed by atoms with Crippen LogP contribution in [0.3, 0.4) is 0 Å². The first kappa shape index (κ1) is 27.9. The molecule has 6 rings (SSSR count). The maximum Gasteiger partial charge on any atom is 0.299 e. The summed E-state index contributed by atoms with van der Waals surface area (Å²) < 4.78 is 81.2. The molecule has 0 aliphatic rings. The van der Waals surface area contributed by atoms with Gasteiger partial charge in [-0.05, 0) is 59.4 Å². The number of rotatable bonds is 7. The predicted octanol–water partition coefficient (Wildman–Crippen LogP) is 7.80. The van der Waals surface area contributed by atoms with Gasteiger partial charge in [0.05, 0.1) is 0 Å². The van der Waals surface area contributed by atoms with E-state index < -0.39 is 20.2 Å². The Hall–Kier alpha value is -4.22. The summed E-state index contributed by atoms with van der Waals surface area (Å²) in [5.41, 5.74) is 5.09. The van der Waals surface area contributed by atoms with Gasteiger partial charge in [0.15, 0.2) is 11.5 Å². The molecule has 4 aromatic carbocycles. The van der Waals surface area contributed by atoms with E-state index in [9.17, 15) is 25.9 Å². The second-order valence-corrected chi connectivity index (χ2v) is 12.7. The van der Waals surface area contributed by atoms with Crippen molar-refractivity contribution in [3.05, 3.63) is 96.1 Å². The van der Waals surface area contributed by atoms with Crippen LogP contribution in [-0.4, -0.2) is 25.9 Å². The molecule has 0 spiro atoms. The SMILES string of the molecule is CCc1ccc2oc(-c3ccc(-c4ccc(-c5oc6ccc(CC)cc6c5S(=O)(=O)O)cc4)cc3)c(S(=O)(=O)O)c2c1. The molecule has 0 aliphatic carbocycles. The molecule has 214 valence electrons. The first-order chi connectivity index (χ1) is 20.0. The lowest BCUT2D eigenvalue weighted by atomic mass is 10.0. The van der Waals surface area contributed by atoms with Crippen LogP contribution in [0.5, 0.6) is 0 Å². The molecule has 0 aliphatic heterocycles. The van der Waals surface area contributed by atoms with Gasteiger partial charge in [-0.15, -0.1) is 0 Å². The molecular formula is C32H26O8S2. The van der Waals surface area contributed by atoms with Gasteiger partial charge in [0, 0.05) is 21.9 Å². The lowest BCUT2D eigenvalue weighted by molar-refractivity contribution is 0.480. The van der Waals surface area contributed by atoms with Crippen LogP contribution in [0.4, 0.5) is 0 Å². The maximum atomic E-state index is 12.3. The van der Waals surface area contributed by atoms with Crippen molar-refractivity contribution in [3.8, 4) is 33.8 Å². The molecule has 0 atom stereocenters. The summed E-state index contributed by atoms with van der Waals surface area (Å²) in [6.45, 7) is 3.90. The van der Waals surface area contributed by atoms with E-state index in [0.717, 1.165) is 22.3 Å². The van der Waals surface area contributed by atoms with Crippen molar-refractivity contribution in [2.75, 3.05) is 0 Å². The lowest BCUT2D eigenvalue weighted by Crippen LogP contribution is -1.99. The zero-order valence-electron chi connectivity index (χ0n) is 22.7. The molecule has 2 aromatic heterocycles. The van der Waals surface area contributed by atoms with Gasteiger partial charge in [0.2, 0.25) is 0 Å². The fourth-order valence-corrected chi connectivity index (χ4v) is 6.87. The first-order valence-electron chi connectivity index (χ1n) is 13.2. The van der Waals surface area contributed by atoms with E-state index in [1.165, 1.54) is 0 Å². The monoisotopic (exact) mass is 602 g/mol. The molecule has 10 heteroatoms. The van der Waals surface area contributed by atoms with Crippen LogP contribution in [0.25, 0.3) is 55.7 Å². The number of aryl methyl sites for hydroxylation is 2. The van der Waals surface area contributed by atoms with E-state index >= 15 is 0 Å². The molecule has 0 saturated carbocycles. The third-order valence-corrected chi connectivity index (χ3v) is 9.22. The normalized spacial score (nSPS) is 12.4. The van der Waals surface area contributed by atoms with Gasteiger partial charge in [-0.1, -0.05) is 74.5 Å². The number of hydrogen-bond acceptors (Lipinski definition) is 6. The first-order valence-corrected chi connectivity index (χ1v) is 16.1. The van der Waals surface area contributed by atoms with Gasteiger partial charge in [-0.2, -0.15) is 16.8 Å². The fourth-order valence-electron chi connectivity index (χ4n) is 5.20. The van der Waals surface area contributed by atoms with Gasteiger partial charge >= 0.3 is 0 Å². The van der Waals surface area contributed by atoms with E-state index in [0.29, 0.717) is 45.9 Å². The molecule has 2 N–H and O–H groups in total. The summed E-state index contributed by atoms with van der Waals surface area (Å²) in [7, 11) is -9.15. The smallest absolute Gasteiger partial charge is 0.299 e. The summed E-state index contributed by atoms with van der Waals surface area (Å²) in [6.07, 6.45) is 1.39. The van der Waals surface area contributed by atoms with Crippen LogP contribution in [-0.2, 0) is 33.1 Å². The maximum absolute atomic E-state index is 12.3. The summed E-state index contributed by atoms with van der Waals surface area (Å²) in [5.74, 6) is 0.105. The minimum Gasteiger partial charge on any atom is -0.455 e. The number of furan rings is 2. The van der Waals surface area contributed by atoms with Gasteiger partial charge in [0.25, 0.3) is 20.2 Å². The van der Waals surface area contributed by atoms with E-state index in [-0.39, 0.29) is 21.3 Å². The third-order valence-electron chi connectivity index (χ3n) is 7.37. The van der Waals surface area contributed by atoms with Crippen LogP contribution in [0, 0.1) is 0 Å². The van der Waals surface area contributed by atoms with Crippen molar-refractivity contribution >= 4 is 42.2 Å². The van der Waals surface area contributed by atoms with Gasteiger partial charge in [-0.3, -0.25) is 9.11 Å². The average molecular weight is 603 g/mol. The largest absolute Gasteiger partial charge is 0.455 e. The number of hydrogen-bond donors (Lipinski definition) is 2. The van der Waals surface area contributed by atoms with Crippen LogP contribution in [0.1, 0.15) is 25.0 Å². The van der Waals surface area contributed by atoms with Crippen molar-refractivity contribution < 1.29 is 34.8 Å². The molecule has 8 nitrogen and oxygen atoms in total. The highest BCUT2D eigenvalue weighted by Gasteiger charge is 2.27. The minimum atomic E-state index is -4.57. The molecule has 6 aromatic rings. The Kier molecular flexibility index (Phi) is 6.81. The highest BCUT2D eigenvalue weighted by molar-refractivity contribution is 7.86. The Morgan fingerprint density at radius 1 is 0.524 bits per heavy atom. The zero-order chi connectivity index (χ0) is 29.8. The van der Waals surface area contributed by atoms with E-state index in [1.54, 1.807) is 72.8 Å². The topological polar surface area (TPSA) is 135 Å². The summed E-state index contributed by atoms with van der Waals surface area (Å²) in [6, 6.07) is 24.5. The predicted molar refractivity (Wildman–Crippen MR) is 161 cm³/mol. The summed E-state index contributed by atoms with van der Waals surface area (Å²) in [5, 5.41) is 0.652. The van der Waals surface area contributed by atoms with Crippen LogP contribution in [0.15, 0.2) is 104 Å². The quantitative estimate of drug-likeness (QED) is 0.177. The van der Waals surface area contributed by atoms with Crippen molar-refractivity contribution in [3.63, 3.8) is 0 Å². The Morgan fingerprint density at radius 2 is 0.857 bits per heavy atom. The minimum absolute atomic E-state index is 0.0523. The second kappa shape index (κ2) is 10.2. The molecule has 42 heavy (non-hydrogen) atoms. The van der Waals surface area contributed by atoms with Crippen molar-refractivity contribution in [2.24, 2.45) is 0 Å². The van der Waals surface area contributed by atoms with Crippen molar-refractivity contribution in [2.45, 2.75) is 36.5 Å². The van der Waals surface area contributed by atoms with Gasteiger partial charge in [-0.25, -0.2) is 0 Å². The zero-order valence-corrected chi connectivity index (χ0v) is 24.3. The Labute approximate surface area is 242 Å². The van der Waals surface area contributed by atoms with Crippen LogP contribution < -0.4 is 0 Å². The summed E-state index contributed by atoms with van der Waals surface area (Å²) in [4.78, 5) is -0.534. The molecule has 0 amide bonds. The van der Waals surface area contributed by atoms with Crippen molar-refractivity contribution in [1.82, 2.24) is 0 Å². The second-order valence-electron chi connectivity index (χ2n) is 9.99. The molecule has 0 radical (unpaired) electrons. The molecular weight excluding hydrogens is 576 g/mol. The molecule has 0 fully saturated rings. The van der Waals surface area contributed by atoms with Gasteiger partial charge in [0.1, 0.15) is 21.0 Å².